The normalized spacial score (nSPS) is 11.0. The summed E-state index contributed by atoms with van der Waals surface area (Å²) in [5, 5.41) is 29.6. The Morgan fingerprint density at radius 2 is 1.57 bits per heavy atom. The SMILES string of the molecule is O=C(O)/C(=C/c1ccc(B(O)O)cc1)NC(=O)c1ccccc1. The monoisotopic (exact) mass is 311 g/mol. The highest BCUT2D eigenvalue weighted by atomic mass is 16.4. The van der Waals surface area contributed by atoms with E-state index in [0.717, 1.165) is 0 Å². The molecular formula is C16H14BNO5. The molecule has 0 aromatic heterocycles. The number of carboxylic acid groups (broad SMARTS) is 1. The summed E-state index contributed by atoms with van der Waals surface area (Å²) >= 11 is 0. The zero-order valence-electron chi connectivity index (χ0n) is 12.0. The molecule has 2 rings (SSSR count). The van der Waals surface area contributed by atoms with Gasteiger partial charge in [0, 0.05) is 5.56 Å². The van der Waals surface area contributed by atoms with Crippen LogP contribution in [0.4, 0.5) is 0 Å². The number of hydrogen-bond acceptors (Lipinski definition) is 4. The predicted octanol–water partition coefficient (Wildman–Crippen LogP) is 0.222. The highest BCUT2D eigenvalue weighted by Crippen LogP contribution is 2.06. The van der Waals surface area contributed by atoms with Gasteiger partial charge in [-0.3, -0.25) is 4.79 Å². The van der Waals surface area contributed by atoms with Crippen molar-refractivity contribution in [2.45, 2.75) is 0 Å². The van der Waals surface area contributed by atoms with Crippen LogP contribution >= 0.6 is 0 Å². The van der Waals surface area contributed by atoms with Crippen molar-refractivity contribution < 1.29 is 24.7 Å². The van der Waals surface area contributed by atoms with Gasteiger partial charge in [-0.1, -0.05) is 42.5 Å². The molecule has 0 heterocycles. The van der Waals surface area contributed by atoms with Gasteiger partial charge in [0.25, 0.3) is 5.91 Å². The summed E-state index contributed by atoms with van der Waals surface area (Å²) in [4.78, 5) is 23.3. The molecule has 0 radical (unpaired) electrons. The van der Waals surface area contributed by atoms with E-state index in [1.807, 2.05) is 0 Å². The predicted molar refractivity (Wildman–Crippen MR) is 85.8 cm³/mol. The molecule has 2 aromatic carbocycles. The molecule has 0 atom stereocenters. The van der Waals surface area contributed by atoms with E-state index in [4.69, 9.17) is 10.0 Å². The number of rotatable bonds is 5. The maximum absolute atomic E-state index is 12.0. The van der Waals surface area contributed by atoms with Gasteiger partial charge in [0.15, 0.2) is 0 Å². The summed E-state index contributed by atoms with van der Waals surface area (Å²) in [7, 11) is -1.59. The third-order valence-electron chi connectivity index (χ3n) is 3.06. The first-order chi connectivity index (χ1) is 11.0. The van der Waals surface area contributed by atoms with Crippen LogP contribution < -0.4 is 10.8 Å². The molecule has 0 aliphatic heterocycles. The van der Waals surface area contributed by atoms with Crippen molar-refractivity contribution in [3.63, 3.8) is 0 Å². The highest BCUT2D eigenvalue weighted by Gasteiger charge is 2.14. The topological polar surface area (TPSA) is 107 Å². The summed E-state index contributed by atoms with van der Waals surface area (Å²) in [6.07, 6.45) is 1.29. The second-order valence-corrected chi connectivity index (χ2v) is 4.72. The fourth-order valence-electron chi connectivity index (χ4n) is 1.87. The molecule has 0 aliphatic carbocycles. The highest BCUT2D eigenvalue weighted by molar-refractivity contribution is 6.58. The van der Waals surface area contributed by atoms with E-state index in [0.29, 0.717) is 11.1 Å². The number of hydrogen-bond donors (Lipinski definition) is 4. The first kappa shape index (κ1) is 16.5. The molecule has 0 saturated carbocycles. The van der Waals surface area contributed by atoms with Crippen LogP contribution in [0, 0.1) is 0 Å². The lowest BCUT2D eigenvalue weighted by atomic mass is 9.80. The molecule has 6 nitrogen and oxygen atoms in total. The Morgan fingerprint density at radius 3 is 2.09 bits per heavy atom. The molecule has 4 N–H and O–H groups in total. The van der Waals surface area contributed by atoms with Gasteiger partial charge < -0.3 is 20.5 Å². The van der Waals surface area contributed by atoms with Gasteiger partial charge in [-0.25, -0.2) is 4.79 Å². The standard InChI is InChI=1S/C16H14BNO5/c19-15(12-4-2-1-3-5-12)18-14(16(20)21)10-11-6-8-13(9-7-11)17(22)23/h1-10,22-23H,(H,18,19)(H,20,21)/b14-10-. The number of nitrogens with one attached hydrogen (secondary N) is 1. The molecule has 116 valence electrons. The summed E-state index contributed by atoms with van der Waals surface area (Å²) in [6, 6.07) is 14.2. The van der Waals surface area contributed by atoms with E-state index in [2.05, 4.69) is 5.32 Å². The Balaban J connectivity index is 2.21. The van der Waals surface area contributed by atoms with E-state index in [-0.39, 0.29) is 11.2 Å². The third kappa shape index (κ3) is 4.54. The number of aliphatic carboxylic acids is 1. The Bertz CT molecular complexity index is 726. The maximum Gasteiger partial charge on any atom is 0.488 e. The van der Waals surface area contributed by atoms with E-state index in [9.17, 15) is 14.7 Å². The fourth-order valence-corrected chi connectivity index (χ4v) is 1.87. The average Bonchev–Trinajstić information content (AvgIpc) is 2.55. The zero-order chi connectivity index (χ0) is 16.8. The lowest BCUT2D eigenvalue weighted by molar-refractivity contribution is -0.132. The Kier molecular flexibility index (Phi) is 5.30. The summed E-state index contributed by atoms with van der Waals surface area (Å²) in [5.74, 6) is -1.80. The van der Waals surface area contributed by atoms with Crippen LogP contribution in [0.25, 0.3) is 6.08 Å². The van der Waals surface area contributed by atoms with Crippen LogP contribution in [0.2, 0.25) is 0 Å². The van der Waals surface area contributed by atoms with Crippen LogP contribution in [0.1, 0.15) is 15.9 Å². The lowest BCUT2D eigenvalue weighted by Gasteiger charge is -2.06. The lowest BCUT2D eigenvalue weighted by Crippen LogP contribution is -2.29. The van der Waals surface area contributed by atoms with Gasteiger partial charge in [-0.05, 0) is 29.2 Å². The van der Waals surface area contributed by atoms with E-state index >= 15 is 0 Å². The quantitative estimate of drug-likeness (QED) is 0.467. The van der Waals surface area contributed by atoms with Crippen molar-refractivity contribution in [2.24, 2.45) is 0 Å². The van der Waals surface area contributed by atoms with Crippen molar-refractivity contribution in [2.75, 3.05) is 0 Å². The largest absolute Gasteiger partial charge is 0.488 e. The summed E-state index contributed by atoms with van der Waals surface area (Å²) in [6.45, 7) is 0. The molecular weight excluding hydrogens is 297 g/mol. The molecule has 0 saturated heterocycles. The van der Waals surface area contributed by atoms with Gasteiger partial charge in [-0.2, -0.15) is 0 Å². The molecule has 0 unspecified atom stereocenters. The van der Waals surface area contributed by atoms with Crippen molar-refractivity contribution in [3.8, 4) is 0 Å². The fraction of sp³-hybridized carbons (Fsp3) is 0. The third-order valence-corrected chi connectivity index (χ3v) is 3.06. The maximum atomic E-state index is 12.0. The number of carboxylic acids is 1. The van der Waals surface area contributed by atoms with Crippen LogP contribution in [0.15, 0.2) is 60.3 Å². The van der Waals surface area contributed by atoms with Crippen molar-refractivity contribution in [1.82, 2.24) is 5.32 Å². The first-order valence-corrected chi connectivity index (χ1v) is 6.75. The molecule has 0 fully saturated rings. The zero-order valence-corrected chi connectivity index (χ0v) is 12.0. The first-order valence-electron chi connectivity index (χ1n) is 6.75. The minimum atomic E-state index is -1.59. The summed E-state index contributed by atoms with van der Waals surface area (Å²) in [5.41, 5.74) is 0.849. The van der Waals surface area contributed by atoms with Crippen LogP contribution in [-0.2, 0) is 4.79 Å². The second-order valence-electron chi connectivity index (χ2n) is 4.72. The van der Waals surface area contributed by atoms with Crippen LogP contribution in [-0.4, -0.2) is 34.1 Å². The minimum absolute atomic E-state index is 0.281. The van der Waals surface area contributed by atoms with Crippen molar-refractivity contribution in [3.05, 3.63) is 71.4 Å². The van der Waals surface area contributed by atoms with Crippen molar-refractivity contribution in [1.29, 1.82) is 0 Å². The molecule has 0 bridgehead atoms. The second kappa shape index (κ2) is 7.39. The molecule has 7 heteroatoms. The Morgan fingerprint density at radius 1 is 0.957 bits per heavy atom. The van der Waals surface area contributed by atoms with Gasteiger partial charge in [0.2, 0.25) is 0 Å². The van der Waals surface area contributed by atoms with E-state index in [1.54, 1.807) is 30.3 Å². The average molecular weight is 311 g/mol. The Hall–Kier alpha value is -2.90. The van der Waals surface area contributed by atoms with Gasteiger partial charge in [0.1, 0.15) is 5.70 Å². The van der Waals surface area contributed by atoms with Crippen molar-refractivity contribution >= 4 is 30.5 Å². The number of carbonyl (C=O) groups is 2. The van der Waals surface area contributed by atoms with Gasteiger partial charge >= 0.3 is 13.1 Å². The van der Waals surface area contributed by atoms with E-state index < -0.39 is 19.0 Å². The summed E-state index contributed by atoms with van der Waals surface area (Å²) < 4.78 is 0. The number of benzene rings is 2. The number of amides is 1. The molecule has 2 aromatic rings. The van der Waals surface area contributed by atoms with Crippen LogP contribution in [0.5, 0.6) is 0 Å². The molecule has 23 heavy (non-hydrogen) atoms. The van der Waals surface area contributed by atoms with Gasteiger partial charge in [-0.15, -0.1) is 0 Å². The molecule has 0 aliphatic rings. The molecule has 0 spiro atoms. The van der Waals surface area contributed by atoms with Gasteiger partial charge in [0.05, 0.1) is 0 Å². The minimum Gasteiger partial charge on any atom is -0.477 e. The Labute approximate surface area is 132 Å². The number of carbonyl (C=O) groups excluding carboxylic acids is 1. The molecule has 1 amide bonds. The smallest absolute Gasteiger partial charge is 0.477 e. The van der Waals surface area contributed by atoms with Crippen LogP contribution in [0.3, 0.4) is 0 Å². The van der Waals surface area contributed by atoms with E-state index in [1.165, 1.54) is 30.3 Å².